The van der Waals surface area contributed by atoms with Crippen LogP contribution in [-0.4, -0.2) is 5.78 Å². The number of hydrogen-bond donors (Lipinski definition) is 0. The number of hydrogen-bond acceptors (Lipinski definition) is 1. The van der Waals surface area contributed by atoms with Crippen molar-refractivity contribution in [1.82, 2.24) is 0 Å². The van der Waals surface area contributed by atoms with Gasteiger partial charge in [0.25, 0.3) is 0 Å². The standard InChI is InChI=1S/C14H26O/c1-4-14(3,10-12(2)15)11-13-8-6-5-7-9-13/h13H,4-11H2,1-3H3/t14-/m0/s1. The lowest BCUT2D eigenvalue weighted by Crippen LogP contribution is -2.24. The van der Waals surface area contributed by atoms with Crippen LogP contribution in [0, 0.1) is 11.3 Å². The van der Waals surface area contributed by atoms with E-state index in [1.165, 1.54) is 38.5 Å². The van der Waals surface area contributed by atoms with E-state index in [0.717, 1.165) is 18.8 Å². The minimum atomic E-state index is 0.272. The molecule has 1 heteroatoms. The molecule has 1 atom stereocenters. The summed E-state index contributed by atoms with van der Waals surface area (Å²) in [5, 5.41) is 0. The molecule has 0 unspecified atom stereocenters. The predicted octanol–water partition coefficient (Wildman–Crippen LogP) is 4.35. The smallest absolute Gasteiger partial charge is 0.130 e. The molecule has 0 amide bonds. The van der Waals surface area contributed by atoms with E-state index in [1.807, 2.05) is 0 Å². The van der Waals surface area contributed by atoms with Crippen LogP contribution >= 0.6 is 0 Å². The van der Waals surface area contributed by atoms with Crippen molar-refractivity contribution in [2.75, 3.05) is 0 Å². The van der Waals surface area contributed by atoms with Gasteiger partial charge in [-0.3, -0.25) is 0 Å². The summed E-state index contributed by atoms with van der Waals surface area (Å²) in [6, 6.07) is 0. The Morgan fingerprint density at radius 3 is 2.33 bits per heavy atom. The predicted molar refractivity (Wildman–Crippen MR) is 64.9 cm³/mol. The van der Waals surface area contributed by atoms with E-state index in [1.54, 1.807) is 6.92 Å². The molecule has 0 aliphatic heterocycles. The third kappa shape index (κ3) is 4.36. The summed E-state index contributed by atoms with van der Waals surface area (Å²) in [5.74, 6) is 1.25. The van der Waals surface area contributed by atoms with Crippen LogP contribution in [0.15, 0.2) is 0 Å². The SMILES string of the molecule is CC[C@@](C)(CC(C)=O)CC1CCCCC1. The molecule has 0 aromatic carbocycles. The Morgan fingerprint density at radius 2 is 1.87 bits per heavy atom. The zero-order chi connectivity index (χ0) is 11.3. The van der Waals surface area contributed by atoms with Gasteiger partial charge < -0.3 is 4.79 Å². The normalized spacial score (nSPS) is 22.3. The Kier molecular flexibility index (Phi) is 4.82. The van der Waals surface area contributed by atoms with Crippen molar-refractivity contribution in [3.63, 3.8) is 0 Å². The van der Waals surface area contributed by atoms with Gasteiger partial charge in [0.15, 0.2) is 0 Å². The lowest BCUT2D eigenvalue weighted by Gasteiger charge is -2.33. The van der Waals surface area contributed by atoms with Crippen molar-refractivity contribution >= 4 is 5.78 Å². The van der Waals surface area contributed by atoms with Crippen LogP contribution in [0.2, 0.25) is 0 Å². The fourth-order valence-electron chi connectivity index (χ4n) is 3.03. The second-order valence-corrected chi connectivity index (χ2v) is 5.75. The number of ketones is 1. The lowest BCUT2D eigenvalue weighted by molar-refractivity contribution is -0.119. The molecule has 0 aromatic rings. The van der Waals surface area contributed by atoms with E-state index in [4.69, 9.17) is 0 Å². The molecule has 0 bridgehead atoms. The van der Waals surface area contributed by atoms with Gasteiger partial charge in [0.1, 0.15) is 5.78 Å². The molecule has 1 saturated carbocycles. The highest BCUT2D eigenvalue weighted by Gasteiger charge is 2.28. The first-order valence-corrected chi connectivity index (χ1v) is 6.55. The van der Waals surface area contributed by atoms with E-state index < -0.39 is 0 Å². The lowest BCUT2D eigenvalue weighted by atomic mass is 9.72. The number of rotatable bonds is 5. The summed E-state index contributed by atoms with van der Waals surface area (Å²) in [6.45, 7) is 6.25. The van der Waals surface area contributed by atoms with Crippen molar-refractivity contribution < 1.29 is 4.79 Å². The zero-order valence-electron chi connectivity index (χ0n) is 10.6. The van der Waals surface area contributed by atoms with Crippen LogP contribution < -0.4 is 0 Å². The quantitative estimate of drug-likeness (QED) is 0.659. The third-order valence-corrected chi connectivity index (χ3v) is 4.04. The molecule has 0 heterocycles. The summed E-state index contributed by atoms with van der Waals surface area (Å²) in [5.41, 5.74) is 0.272. The molecule has 1 rings (SSSR count). The first kappa shape index (κ1) is 12.7. The molecule has 1 aliphatic rings. The van der Waals surface area contributed by atoms with Gasteiger partial charge in [0.05, 0.1) is 0 Å². The number of carbonyl (C=O) groups is 1. The highest BCUT2D eigenvalue weighted by Crippen LogP contribution is 2.39. The van der Waals surface area contributed by atoms with Gasteiger partial charge in [-0.1, -0.05) is 52.4 Å². The fraction of sp³-hybridized carbons (Fsp3) is 0.929. The second-order valence-electron chi connectivity index (χ2n) is 5.75. The largest absolute Gasteiger partial charge is 0.300 e. The van der Waals surface area contributed by atoms with Crippen molar-refractivity contribution in [3.05, 3.63) is 0 Å². The average Bonchev–Trinajstić information content (AvgIpc) is 2.18. The van der Waals surface area contributed by atoms with Crippen LogP contribution in [-0.2, 0) is 4.79 Å². The van der Waals surface area contributed by atoms with Gasteiger partial charge in [0, 0.05) is 6.42 Å². The van der Waals surface area contributed by atoms with Crippen molar-refractivity contribution in [3.8, 4) is 0 Å². The van der Waals surface area contributed by atoms with E-state index in [9.17, 15) is 4.79 Å². The maximum Gasteiger partial charge on any atom is 0.130 e. The Bertz CT molecular complexity index is 203. The molecule has 0 spiro atoms. The number of carbonyl (C=O) groups excluding carboxylic acids is 1. The Morgan fingerprint density at radius 1 is 1.27 bits per heavy atom. The molecule has 1 aliphatic carbocycles. The van der Waals surface area contributed by atoms with Crippen LogP contribution in [0.1, 0.15) is 72.1 Å². The zero-order valence-corrected chi connectivity index (χ0v) is 10.6. The topological polar surface area (TPSA) is 17.1 Å². The number of Topliss-reactive ketones (excluding diaryl/α,β-unsaturated/α-hetero) is 1. The van der Waals surface area contributed by atoms with Crippen molar-refractivity contribution in [2.45, 2.75) is 72.1 Å². The average molecular weight is 210 g/mol. The molecule has 0 N–H and O–H groups in total. The third-order valence-electron chi connectivity index (χ3n) is 4.04. The van der Waals surface area contributed by atoms with Gasteiger partial charge in [-0.15, -0.1) is 0 Å². The van der Waals surface area contributed by atoms with Crippen molar-refractivity contribution in [1.29, 1.82) is 0 Å². The highest BCUT2D eigenvalue weighted by atomic mass is 16.1. The second kappa shape index (κ2) is 5.67. The van der Waals surface area contributed by atoms with Gasteiger partial charge >= 0.3 is 0 Å². The molecule has 0 radical (unpaired) electrons. The Balaban J connectivity index is 2.46. The first-order valence-electron chi connectivity index (χ1n) is 6.55. The van der Waals surface area contributed by atoms with Crippen LogP contribution in [0.4, 0.5) is 0 Å². The maximum atomic E-state index is 11.3. The summed E-state index contributed by atoms with van der Waals surface area (Å²) in [7, 11) is 0. The minimum absolute atomic E-state index is 0.272. The molecule has 1 fully saturated rings. The summed E-state index contributed by atoms with van der Waals surface area (Å²) < 4.78 is 0. The summed E-state index contributed by atoms with van der Waals surface area (Å²) in [6.07, 6.45) is 10.2. The van der Waals surface area contributed by atoms with Crippen LogP contribution in [0.5, 0.6) is 0 Å². The first-order chi connectivity index (χ1) is 7.06. The highest BCUT2D eigenvalue weighted by molar-refractivity contribution is 5.76. The van der Waals surface area contributed by atoms with Crippen LogP contribution in [0.25, 0.3) is 0 Å². The molecule has 0 aromatic heterocycles. The van der Waals surface area contributed by atoms with E-state index in [0.29, 0.717) is 5.78 Å². The van der Waals surface area contributed by atoms with Crippen molar-refractivity contribution in [2.24, 2.45) is 11.3 Å². The van der Waals surface area contributed by atoms with E-state index >= 15 is 0 Å². The van der Waals surface area contributed by atoms with Crippen LogP contribution in [0.3, 0.4) is 0 Å². The maximum absolute atomic E-state index is 11.3. The van der Waals surface area contributed by atoms with Gasteiger partial charge in [-0.25, -0.2) is 0 Å². The molecule has 0 saturated heterocycles. The summed E-state index contributed by atoms with van der Waals surface area (Å²) in [4.78, 5) is 11.3. The fourth-order valence-corrected chi connectivity index (χ4v) is 3.03. The Hall–Kier alpha value is -0.330. The Labute approximate surface area is 94.6 Å². The molecule has 15 heavy (non-hydrogen) atoms. The molecular weight excluding hydrogens is 184 g/mol. The molecular formula is C14H26O. The summed E-state index contributed by atoms with van der Waals surface area (Å²) >= 11 is 0. The molecule has 1 nitrogen and oxygen atoms in total. The monoisotopic (exact) mass is 210 g/mol. The molecule has 88 valence electrons. The van der Waals surface area contributed by atoms with Gasteiger partial charge in [-0.05, 0) is 24.7 Å². The van der Waals surface area contributed by atoms with Gasteiger partial charge in [0.2, 0.25) is 0 Å². The van der Waals surface area contributed by atoms with E-state index in [2.05, 4.69) is 13.8 Å². The van der Waals surface area contributed by atoms with E-state index in [-0.39, 0.29) is 5.41 Å². The minimum Gasteiger partial charge on any atom is -0.300 e. The van der Waals surface area contributed by atoms with Gasteiger partial charge in [-0.2, -0.15) is 0 Å².